The van der Waals surface area contributed by atoms with Gasteiger partial charge in [-0.2, -0.15) is 0 Å². The van der Waals surface area contributed by atoms with Crippen molar-refractivity contribution in [2.45, 2.75) is 22.9 Å². The molecule has 0 unspecified atom stereocenters. The van der Waals surface area contributed by atoms with Gasteiger partial charge in [-0.3, -0.25) is 0 Å². The molecule has 0 saturated carbocycles. The fraction of sp³-hybridized carbons (Fsp3) is 1.00. The molecule has 1 aliphatic rings. The summed E-state index contributed by atoms with van der Waals surface area (Å²) in [5, 5.41) is 35.0. The topological polar surface area (TPSA) is 80.9 Å². The molecule has 0 bridgehead atoms. The van der Waals surface area contributed by atoms with E-state index >= 15 is 0 Å². The predicted molar refractivity (Wildman–Crippen MR) is 36.5 cm³/mol. The van der Waals surface area contributed by atoms with Gasteiger partial charge >= 0.3 is 0 Å². The molecule has 5 heteroatoms. The molecular weight excluding hydrogens is 156 g/mol. The van der Waals surface area contributed by atoms with Crippen molar-refractivity contribution >= 4 is 11.8 Å². The van der Waals surface area contributed by atoms with Gasteiger partial charge in [-0.15, -0.1) is 11.8 Å². The SMILES string of the molecule is OC[C@@H]1S[C@H](O)[C@@H](O)[C@@H]1O. The molecule has 4 N–H and O–H groups in total. The molecule has 0 spiro atoms. The van der Waals surface area contributed by atoms with Crippen LogP contribution in [0.25, 0.3) is 0 Å². The zero-order valence-electron chi connectivity index (χ0n) is 5.21. The van der Waals surface area contributed by atoms with E-state index in [-0.39, 0.29) is 6.61 Å². The molecule has 1 heterocycles. The first-order chi connectivity index (χ1) is 4.66. The number of aliphatic hydroxyl groups excluding tert-OH is 4. The van der Waals surface area contributed by atoms with Gasteiger partial charge in [0.15, 0.2) is 0 Å². The highest BCUT2D eigenvalue weighted by molar-refractivity contribution is 8.00. The van der Waals surface area contributed by atoms with Crippen LogP contribution in [0.3, 0.4) is 0 Å². The number of rotatable bonds is 1. The molecule has 10 heavy (non-hydrogen) atoms. The third kappa shape index (κ3) is 1.28. The third-order valence-corrected chi connectivity index (χ3v) is 2.85. The van der Waals surface area contributed by atoms with Crippen molar-refractivity contribution in [1.29, 1.82) is 0 Å². The van der Waals surface area contributed by atoms with Gasteiger partial charge in [-0.25, -0.2) is 0 Å². The fourth-order valence-corrected chi connectivity index (χ4v) is 1.97. The minimum atomic E-state index is -1.12. The van der Waals surface area contributed by atoms with Gasteiger partial charge in [0, 0.05) is 0 Å². The summed E-state index contributed by atoms with van der Waals surface area (Å²) in [5.74, 6) is 0. The second kappa shape index (κ2) is 3.06. The summed E-state index contributed by atoms with van der Waals surface area (Å²) < 4.78 is 0. The van der Waals surface area contributed by atoms with E-state index in [9.17, 15) is 0 Å². The molecule has 1 saturated heterocycles. The lowest BCUT2D eigenvalue weighted by atomic mass is 10.1. The minimum Gasteiger partial charge on any atom is -0.395 e. The van der Waals surface area contributed by atoms with Crippen molar-refractivity contribution in [3.05, 3.63) is 0 Å². The lowest BCUT2D eigenvalue weighted by Gasteiger charge is -2.11. The monoisotopic (exact) mass is 166 g/mol. The molecule has 1 aliphatic heterocycles. The van der Waals surface area contributed by atoms with Crippen molar-refractivity contribution in [3.8, 4) is 0 Å². The highest BCUT2D eigenvalue weighted by Gasteiger charge is 2.40. The summed E-state index contributed by atoms with van der Waals surface area (Å²) >= 11 is 0.987. The van der Waals surface area contributed by atoms with Crippen molar-refractivity contribution in [2.24, 2.45) is 0 Å². The molecule has 60 valence electrons. The number of thioether (sulfide) groups is 1. The van der Waals surface area contributed by atoms with Gasteiger partial charge in [0.1, 0.15) is 11.5 Å². The Morgan fingerprint density at radius 1 is 1.10 bits per heavy atom. The number of aliphatic hydroxyl groups is 4. The van der Waals surface area contributed by atoms with Gasteiger partial charge in [0.25, 0.3) is 0 Å². The standard InChI is InChI=1S/C5H10O4S/c6-1-2-3(7)4(8)5(9)10-2/h2-9H,1H2/t2-,3+,4-,5-/m0/s1. The molecule has 1 fully saturated rings. The molecule has 4 atom stereocenters. The van der Waals surface area contributed by atoms with Crippen LogP contribution in [-0.2, 0) is 0 Å². The Bertz CT molecular complexity index is 120. The molecule has 0 aliphatic carbocycles. The molecule has 4 nitrogen and oxygen atoms in total. The van der Waals surface area contributed by atoms with Gasteiger partial charge in [-0.1, -0.05) is 0 Å². The molecule has 0 radical (unpaired) electrons. The lowest BCUT2D eigenvalue weighted by Crippen LogP contribution is -2.33. The quantitative estimate of drug-likeness (QED) is 0.367. The Balaban J connectivity index is 2.53. The second-order valence-electron chi connectivity index (χ2n) is 2.23. The maximum absolute atomic E-state index is 9.04. The Labute approximate surface area is 62.5 Å². The second-order valence-corrected chi connectivity index (χ2v) is 3.59. The van der Waals surface area contributed by atoms with Crippen LogP contribution >= 0.6 is 11.8 Å². The van der Waals surface area contributed by atoms with Gasteiger partial charge in [-0.05, 0) is 0 Å². The van der Waals surface area contributed by atoms with E-state index < -0.39 is 22.9 Å². The van der Waals surface area contributed by atoms with E-state index in [0.717, 1.165) is 11.8 Å². The van der Waals surface area contributed by atoms with Crippen LogP contribution in [0.15, 0.2) is 0 Å². The van der Waals surface area contributed by atoms with E-state index in [1.165, 1.54) is 0 Å². The van der Waals surface area contributed by atoms with Crippen LogP contribution in [0, 0.1) is 0 Å². The Morgan fingerprint density at radius 2 is 1.70 bits per heavy atom. The first-order valence-corrected chi connectivity index (χ1v) is 3.91. The van der Waals surface area contributed by atoms with Crippen LogP contribution in [0.5, 0.6) is 0 Å². The van der Waals surface area contributed by atoms with E-state index in [1.807, 2.05) is 0 Å². The summed E-state index contributed by atoms with van der Waals surface area (Å²) in [4.78, 5) is 0. The van der Waals surface area contributed by atoms with E-state index in [0.29, 0.717) is 0 Å². The van der Waals surface area contributed by atoms with Crippen LogP contribution < -0.4 is 0 Å². The van der Waals surface area contributed by atoms with E-state index in [4.69, 9.17) is 20.4 Å². The highest BCUT2D eigenvalue weighted by atomic mass is 32.2. The van der Waals surface area contributed by atoms with Crippen LogP contribution in [0.4, 0.5) is 0 Å². The summed E-state index contributed by atoms with van der Waals surface area (Å²) in [5.41, 5.74) is -0.966. The van der Waals surface area contributed by atoms with Gasteiger partial charge in [0.05, 0.1) is 18.0 Å². The number of hydrogen-bond donors (Lipinski definition) is 4. The average molecular weight is 166 g/mol. The zero-order chi connectivity index (χ0) is 7.72. The van der Waals surface area contributed by atoms with Crippen molar-refractivity contribution in [1.82, 2.24) is 0 Å². The largest absolute Gasteiger partial charge is 0.395 e. The fourth-order valence-electron chi connectivity index (χ4n) is 0.880. The predicted octanol–water partition coefficient (Wildman–Crippen LogP) is -1.87. The van der Waals surface area contributed by atoms with Gasteiger partial charge < -0.3 is 20.4 Å². The highest BCUT2D eigenvalue weighted by Crippen LogP contribution is 2.32. The Kier molecular flexibility index (Phi) is 2.54. The molecule has 1 rings (SSSR count). The molecule has 0 amide bonds. The van der Waals surface area contributed by atoms with Crippen LogP contribution in [-0.4, -0.2) is 49.9 Å². The summed E-state index contributed by atoms with van der Waals surface area (Å²) in [6, 6.07) is 0. The zero-order valence-corrected chi connectivity index (χ0v) is 6.03. The van der Waals surface area contributed by atoms with Gasteiger partial charge in [0.2, 0.25) is 0 Å². The Morgan fingerprint density at radius 3 is 1.90 bits per heavy atom. The van der Waals surface area contributed by atoms with Crippen molar-refractivity contribution in [2.75, 3.05) is 6.61 Å². The molecule has 0 aromatic carbocycles. The van der Waals surface area contributed by atoms with E-state index in [1.54, 1.807) is 0 Å². The summed E-state index contributed by atoms with van der Waals surface area (Å²) in [6.07, 6.45) is -2.13. The maximum Gasteiger partial charge on any atom is 0.128 e. The van der Waals surface area contributed by atoms with Crippen molar-refractivity contribution < 1.29 is 20.4 Å². The van der Waals surface area contributed by atoms with Crippen molar-refractivity contribution in [3.63, 3.8) is 0 Å². The normalized spacial score (nSPS) is 48.0. The van der Waals surface area contributed by atoms with Crippen LogP contribution in [0.2, 0.25) is 0 Å². The Hall–Kier alpha value is 0.190. The van der Waals surface area contributed by atoms with Crippen LogP contribution in [0.1, 0.15) is 0 Å². The minimum absolute atomic E-state index is 0.222. The first-order valence-electron chi connectivity index (χ1n) is 2.97. The molecule has 0 aromatic heterocycles. The maximum atomic E-state index is 9.04. The average Bonchev–Trinajstić information content (AvgIpc) is 2.17. The third-order valence-electron chi connectivity index (χ3n) is 1.52. The lowest BCUT2D eigenvalue weighted by molar-refractivity contribution is -0.0181. The first kappa shape index (κ1) is 8.29. The molecule has 0 aromatic rings. The smallest absolute Gasteiger partial charge is 0.128 e. The summed E-state index contributed by atoms with van der Waals surface area (Å²) in [6.45, 7) is -0.222. The molecular formula is C5H10O4S. The summed E-state index contributed by atoms with van der Waals surface area (Å²) in [7, 11) is 0. The van der Waals surface area contributed by atoms with E-state index in [2.05, 4.69) is 0 Å². The number of hydrogen-bond acceptors (Lipinski definition) is 5.